The Bertz CT molecular complexity index is 155. The van der Waals surface area contributed by atoms with Crippen LogP contribution in [0, 0.1) is 0 Å². The number of carbonyl (C=O) groups is 1. The number of Topliss-reactive ketones (excluding diaryl/α,β-unsaturated/α-hetero) is 1. The van der Waals surface area contributed by atoms with Crippen LogP contribution in [-0.2, 0) is 4.79 Å². The van der Waals surface area contributed by atoms with E-state index in [0.29, 0.717) is 25.3 Å². The second kappa shape index (κ2) is 6.07. The molecule has 1 rings (SSSR count). The van der Waals surface area contributed by atoms with E-state index in [-0.39, 0.29) is 0 Å². The average molecular weight is 185 g/mol. The molecule has 0 amide bonds. The molecule has 1 aliphatic heterocycles. The number of hydrogen-bond donors (Lipinski definition) is 2. The van der Waals surface area contributed by atoms with Crippen molar-refractivity contribution < 1.29 is 4.79 Å². The van der Waals surface area contributed by atoms with Crippen LogP contribution < -0.4 is 11.1 Å². The standard InChI is InChI=1S/C9H19N3O/c10-3-1-2-9(13)8-12-6-4-11-5-7-12/h11H,1-8,10H2. The van der Waals surface area contributed by atoms with Crippen LogP contribution in [0.15, 0.2) is 0 Å². The molecule has 13 heavy (non-hydrogen) atoms. The molecule has 0 aromatic rings. The highest BCUT2D eigenvalue weighted by Crippen LogP contribution is 1.96. The van der Waals surface area contributed by atoms with Gasteiger partial charge in [0.1, 0.15) is 5.78 Å². The minimum atomic E-state index is 0.326. The van der Waals surface area contributed by atoms with Gasteiger partial charge >= 0.3 is 0 Å². The molecule has 4 heteroatoms. The Morgan fingerprint density at radius 3 is 2.69 bits per heavy atom. The quantitative estimate of drug-likeness (QED) is 0.589. The van der Waals surface area contributed by atoms with Crippen molar-refractivity contribution in [1.29, 1.82) is 0 Å². The molecular weight excluding hydrogens is 166 g/mol. The van der Waals surface area contributed by atoms with Gasteiger partial charge in [0.25, 0.3) is 0 Å². The van der Waals surface area contributed by atoms with E-state index in [0.717, 1.165) is 32.6 Å². The highest BCUT2D eigenvalue weighted by atomic mass is 16.1. The second-order valence-corrected chi connectivity index (χ2v) is 3.46. The molecule has 3 N–H and O–H groups in total. The Morgan fingerprint density at radius 1 is 1.38 bits per heavy atom. The molecule has 1 fully saturated rings. The maximum absolute atomic E-state index is 11.4. The van der Waals surface area contributed by atoms with E-state index < -0.39 is 0 Å². The number of nitrogens with one attached hydrogen (secondary N) is 1. The van der Waals surface area contributed by atoms with Crippen molar-refractivity contribution in [1.82, 2.24) is 10.2 Å². The monoisotopic (exact) mass is 185 g/mol. The summed E-state index contributed by atoms with van der Waals surface area (Å²) in [5.41, 5.74) is 5.33. The van der Waals surface area contributed by atoms with E-state index in [4.69, 9.17) is 5.73 Å². The summed E-state index contributed by atoms with van der Waals surface area (Å²) < 4.78 is 0. The third kappa shape index (κ3) is 4.36. The summed E-state index contributed by atoms with van der Waals surface area (Å²) in [6, 6.07) is 0. The Kier molecular flexibility index (Phi) is 4.97. The molecule has 1 heterocycles. The lowest BCUT2D eigenvalue weighted by atomic mass is 10.2. The van der Waals surface area contributed by atoms with Crippen LogP contribution >= 0.6 is 0 Å². The van der Waals surface area contributed by atoms with Crippen LogP contribution in [0.4, 0.5) is 0 Å². The molecule has 0 unspecified atom stereocenters. The highest BCUT2D eigenvalue weighted by Gasteiger charge is 2.12. The minimum absolute atomic E-state index is 0.326. The van der Waals surface area contributed by atoms with Crippen LogP contribution in [0.1, 0.15) is 12.8 Å². The van der Waals surface area contributed by atoms with Gasteiger partial charge in [-0.05, 0) is 13.0 Å². The van der Waals surface area contributed by atoms with E-state index in [1.165, 1.54) is 0 Å². The number of hydrogen-bond acceptors (Lipinski definition) is 4. The van der Waals surface area contributed by atoms with Gasteiger partial charge in [-0.15, -0.1) is 0 Å². The molecule has 0 spiro atoms. The summed E-state index contributed by atoms with van der Waals surface area (Å²) in [7, 11) is 0. The van der Waals surface area contributed by atoms with Crippen molar-refractivity contribution in [2.24, 2.45) is 5.73 Å². The van der Waals surface area contributed by atoms with Crippen LogP contribution in [0.25, 0.3) is 0 Å². The van der Waals surface area contributed by atoms with E-state index in [9.17, 15) is 4.79 Å². The van der Waals surface area contributed by atoms with Crippen molar-refractivity contribution in [2.45, 2.75) is 12.8 Å². The van der Waals surface area contributed by atoms with E-state index in [1.807, 2.05) is 0 Å². The fourth-order valence-corrected chi connectivity index (χ4v) is 1.50. The lowest BCUT2D eigenvalue weighted by molar-refractivity contribution is -0.120. The SMILES string of the molecule is NCCCC(=O)CN1CCNCC1. The summed E-state index contributed by atoms with van der Waals surface area (Å²) in [6.07, 6.45) is 1.46. The summed E-state index contributed by atoms with van der Waals surface area (Å²) >= 11 is 0. The highest BCUT2D eigenvalue weighted by molar-refractivity contribution is 5.80. The van der Waals surface area contributed by atoms with Crippen molar-refractivity contribution in [3.63, 3.8) is 0 Å². The first-order valence-electron chi connectivity index (χ1n) is 4.98. The van der Waals surface area contributed by atoms with Crippen molar-refractivity contribution in [3.05, 3.63) is 0 Å². The first-order valence-corrected chi connectivity index (χ1v) is 4.98. The fraction of sp³-hybridized carbons (Fsp3) is 0.889. The van der Waals surface area contributed by atoms with Gasteiger partial charge in [-0.3, -0.25) is 9.69 Å². The maximum Gasteiger partial charge on any atom is 0.146 e. The minimum Gasteiger partial charge on any atom is -0.330 e. The zero-order valence-electron chi connectivity index (χ0n) is 8.09. The van der Waals surface area contributed by atoms with Gasteiger partial charge in [-0.25, -0.2) is 0 Å². The zero-order valence-corrected chi connectivity index (χ0v) is 8.09. The van der Waals surface area contributed by atoms with Gasteiger partial charge in [0, 0.05) is 32.6 Å². The van der Waals surface area contributed by atoms with E-state index in [2.05, 4.69) is 10.2 Å². The molecule has 0 aliphatic carbocycles. The number of carbonyl (C=O) groups excluding carboxylic acids is 1. The van der Waals surface area contributed by atoms with Gasteiger partial charge < -0.3 is 11.1 Å². The molecule has 0 radical (unpaired) electrons. The third-order valence-corrected chi connectivity index (χ3v) is 2.27. The van der Waals surface area contributed by atoms with Crippen molar-refractivity contribution in [2.75, 3.05) is 39.3 Å². The molecule has 0 atom stereocenters. The fourth-order valence-electron chi connectivity index (χ4n) is 1.50. The summed E-state index contributed by atoms with van der Waals surface area (Å²) in [5.74, 6) is 0.326. The predicted molar refractivity (Wildman–Crippen MR) is 52.6 cm³/mol. The van der Waals surface area contributed by atoms with Crippen molar-refractivity contribution in [3.8, 4) is 0 Å². The molecule has 4 nitrogen and oxygen atoms in total. The second-order valence-electron chi connectivity index (χ2n) is 3.46. The lowest BCUT2D eigenvalue weighted by Crippen LogP contribution is -2.45. The molecule has 0 saturated carbocycles. The summed E-state index contributed by atoms with van der Waals surface area (Å²) in [4.78, 5) is 13.6. The first-order chi connectivity index (χ1) is 6.33. The Hall–Kier alpha value is -0.450. The maximum atomic E-state index is 11.4. The van der Waals surface area contributed by atoms with Gasteiger partial charge in [-0.1, -0.05) is 0 Å². The van der Waals surface area contributed by atoms with Crippen LogP contribution in [0.5, 0.6) is 0 Å². The van der Waals surface area contributed by atoms with Crippen LogP contribution in [0.2, 0.25) is 0 Å². The largest absolute Gasteiger partial charge is 0.330 e. The molecule has 0 aromatic carbocycles. The Morgan fingerprint density at radius 2 is 2.08 bits per heavy atom. The number of rotatable bonds is 5. The number of ketones is 1. The topological polar surface area (TPSA) is 58.4 Å². The smallest absolute Gasteiger partial charge is 0.146 e. The molecule has 1 aliphatic rings. The van der Waals surface area contributed by atoms with Crippen LogP contribution in [-0.4, -0.2) is 50.0 Å². The molecule has 1 saturated heterocycles. The number of nitrogens with zero attached hydrogens (tertiary/aromatic N) is 1. The summed E-state index contributed by atoms with van der Waals surface area (Å²) in [5, 5.41) is 3.26. The predicted octanol–water partition coefficient (Wildman–Crippen LogP) is -0.800. The zero-order chi connectivity index (χ0) is 9.52. The lowest BCUT2D eigenvalue weighted by Gasteiger charge is -2.26. The van der Waals surface area contributed by atoms with E-state index >= 15 is 0 Å². The number of piperazine rings is 1. The van der Waals surface area contributed by atoms with Gasteiger partial charge in [0.15, 0.2) is 0 Å². The van der Waals surface area contributed by atoms with Crippen molar-refractivity contribution >= 4 is 5.78 Å². The van der Waals surface area contributed by atoms with Crippen LogP contribution in [0.3, 0.4) is 0 Å². The van der Waals surface area contributed by atoms with E-state index in [1.54, 1.807) is 0 Å². The normalized spacial score (nSPS) is 18.8. The van der Waals surface area contributed by atoms with Gasteiger partial charge in [0.2, 0.25) is 0 Å². The Labute approximate surface area is 79.5 Å². The summed E-state index contributed by atoms with van der Waals surface area (Å²) in [6.45, 7) is 5.23. The average Bonchev–Trinajstić information content (AvgIpc) is 2.16. The van der Waals surface area contributed by atoms with Gasteiger partial charge in [0.05, 0.1) is 6.54 Å². The van der Waals surface area contributed by atoms with Gasteiger partial charge in [-0.2, -0.15) is 0 Å². The number of nitrogens with two attached hydrogens (primary N) is 1. The molecule has 76 valence electrons. The first kappa shape index (κ1) is 10.6. The molecule has 0 bridgehead atoms. The molecule has 0 aromatic heterocycles. The third-order valence-electron chi connectivity index (χ3n) is 2.27. The molecular formula is C9H19N3O. The Balaban J connectivity index is 2.11.